The Hall–Kier alpha value is -4.00. The van der Waals surface area contributed by atoms with Crippen LogP contribution in [-0.4, -0.2) is 62.5 Å². The standard InChI is InChI=1S/C34H40N10OS/c1-20(25-9-6-14-42(25)2)44-33-24(19-38-44)32(43-15-5-7-21(17-35)11-16-43)39-31(40-33)28-22-8-3-12-34(29(22)45-41-28)13-4-10-26-27(34)23(18-36)30(37)46-26/h19-21,25H,3-16,37H2,1-2H3/t20-,21+,25-,34-/m0/s1. The molecule has 0 amide bonds. The van der Waals surface area contributed by atoms with E-state index in [4.69, 9.17) is 30.5 Å². The van der Waals surface area contributed by atoms with E-state index in [1.165, 1.54) is 11.3 Å². The van der Waals surface area contributed by atoms with Crippen LogP contribution in [0.3, 0.4) is 0 Å². The number of nitrogens with two attached hydrogens (primary N) is 1. The van der Waals surface area contributed by atoms with Crippen molar-refractivity contribution in [3.05, 3.63) is 33.5 Å². The lowest BCUT2D eigenvalue weighted by Crippen LogP contribution is -2.35. The van der Waals surface area contributed by atoms with Gasteiger partial charge in [0.05, 0.1) is 34.7 Å². The van der Waals surface area contributed by atoms with E-state index in [2.05, 4.69) is 40.6 Å². The molecular formula is C34H40N10OS. The third-order valence-electron chi connectivity index (χ3n) is 11.2. The summed E-state index contributed by atoms with van der Waals surface area (Å²) < 4.78 is 8.43. The molecule has 4 aliphatic rings. The van der Waals surface area contributed by atoms with E-state index in [9.17, 15) is 10.5 Å². The summed E-state index contributed by atoms with van der Waals surface area (Å²) in [5.41, 5.74) is 10.2. The molecule has 2 aliphatic heterocycles. The van der Waals surface area contributed by atoms with Gasteiger partial charge in [0.15, 0.2) is 22.9 Å². The van der Waals surface area contributed by atoms with Crippen molar-refractivity contribution in [3.8, 4) is 23.7 Å². The van der Waals surface area contributed by atoms with E-state index in [0.29, 0.717) is 28.1 Å². The molecule has 2 fully saturated rings. The summed E-state index contributed by atoms with van der Waals surface area (Å²) in [7, 11) is 2.20. The van der Waals surface area contributed by atoms with Gasteiger partial charge in [-0.25, -0.2) is 14.6 Å². The summed E-state index contributed by atoms with van der Waals surface area (Å²) in [6.45, 7) is 4.92. The Morgan fingerprint density at radius 1 is 1.07 bits per heavy atom. The summed E-state index contributed by atoms with van der Waals surface area (Å²) in [4.78, 5) is 16.4. The van der Waals surface area contributed by atoms with E-state index in [-0.39, 0.29) is 12.0 Å². The van der Waals surface area contributed by atoms with Crippen LogP contribution in [0, 0.1) is 28.6 Å². The quantitative estimate of drug-likeness (QED) is 0.294. The predicted octanol–water partition coefficient (Wildman–Crippen LogP) is 5.74. The number of nitriles is 2. The number of rotatable bonds is 4. The lowest BCUT2D eigenvalue weighted by Gasteiger charge is -2.39. The van der Waals surface area contributed by atoms with Crippen LogP contribution in [0.4, 0.5) is 10.8 Å². The van der Waals surface area contributed by atoms with Crippen molar-refractivity contribution < 1.29 is 4.52 Å². The Morgan fingerprint density at radius 3 is 2.67 bits per heavy atom. The number of nitrogen functional groups attached to an aromatic ring is 1. The molecule has 0 saturated carbocycles. The largest absolute Gasteiger partial charge is 0.389 e. The highest BCUT2D eigenvalue weighted by Gasteiger charge is 2.49. The summed E-state index contributed by atoms with van der Waals surface area (Å²) in [5, 5.41) is 31.0. The van der Waals surface area contributed by atoms with Gasteiger partial charge in [0, 0.05) is 35.5 Å². The van der Waals surface area contributed by atoms with Crippen molar-refractivity contribution in [2.45, 2.75) is 95.1 Å². The molecule has 238 valence electrons. The van der Waals surface area contributed by atoms with E-state index < -0.39 is 5.41 Å². The summed E-state index contributed by atoms with van der Waals surface area (Å²) in [6, 6.07) is 5.43. The summed E-state index contributed by atoms with van der Waals surface area (Å²) in [5.74, 6) is 2.33. The Balaban J connectivity index is 1.28. The second-order valence-electron chi connectivity index (χ2n) is 13.8. The van der Waals surface area contributed by atoms with Crippen LogP contribution in [0.15, 0.2) is 10.7 Å². The van der Waals surface area contributed by atoms with Gasteiger partial charge in [-0.2, -0.15) is 15.6 Å². The maximum atomic E-state index is 10.1. The maximum Gasteiger partial charge on any atom is 0.186 e. The fourth-order valence-corrected chi connectivity index (χ4v) is 10.1. The first kappa shape index (κ1) is 29.4. The van der Waals surface area contributed by atoms with Gasteiger partial charge in [-0.15, -0.1) is 11.3 Å². The van der Waals surface area contributed by atoms with E-state index in [1.54, 1.807) is 11.3 Å². The van der Waals surface area contributed by atoms with Crippen LogP contribution in [0.1, 0.15) is 98.1 Å². The lowest BCUT2D eigenvalue weighted by molar-refractivity contribution is 0.232. The third-order valence-corrected chi connectivity index (χ3v) is 12.3. The number of anilines is 2. The molecule has 0 bridgehead atoms. The van der Waals surface area contributed by atoms with Crippen molar-refractivity contribution in [3.63, 3.8) is 0 Å². The fourth-order valence-electron chi connectivity index (χ4n) is 8.92. The second kappa shape index (κ2) is 11.4. The average Bonchev–Trinajstić information content (AvgIpc) is 3.83. The molecule has 8 rings (SSSR count). The molecule has 6 heterocycles. The summed E-state index contributed by atoms with van der Waals surface area (Å²) >= 11 is 1.55. The Kier molecular flexibility index (Phi) is 7.26. The number of aryl methyl sites for hydroxylation is 1. The molecule has 11 nitrogen and oxygen atoms in total. The van der Waals surface area contributed by atoms with Crippen LogP contribution < -0.4 is 10.6 Å². The number of fused-ring (bicyclic) bond motifs is 5. The van der Waals surface area contributed by atoms with Gasteiger partial charge in [0.1, 0.15) is 16.9 Å². The van der Waals surface area contributed by atoms with E-state index in [1.807, 2.05) is 6.20 Å². The zero-order chi connectivity index (χ0) is 31.6. The highest BCUT2D eigenvalue weighted by Crippen LogP contribution is 2.55. The Bertz CT molecular complexity index is 1890. The van der Waals surface area contributed by atoms with Crippen molar-refractivity contribution in [1.82, 2.24) is 29.8 Å². The van der Waals surface area contributed by atoms with Gasteiger partial charge >= 0.3 is 0 Å². The SMILES string of the molecule is C[C@@H]([C@@H]1CCCN1C)n1ncc2c(N3CCC[C@@H](C#N)CC3)nc(-c3noc4c3CCC[C@@]43CCCc4sc(N)c(C#N)c43)nc21. The van der Waals surface area contributed by atoms with Crippen LogP contribution in [0.2, 0.25) is 0 Å². The van der Waals surface area contributed by atoms with E-state index in [0.717, 1.165) is 118 Å². The lowest BCUT2D eigenvalue weighted by atomic mass is 9.63. The number of hydrogen-bond donors (Lipinski definition) is 1. The molecule has 2 N–H and O–H groups in total. The maximum absolute atomic E-state index is 10.1. The number of nitrogens with zero attached hydrogens (tertiary/aromatic N) is 9. The third kappa shape index (κ3) is 4.44. The molecule has 0 aromatic carbocycles. The Morgan fingerprint density at radius 2 is 1.89 bits per heavy atom. The second-order valence-corrected chi connectivity index (χ2v) is 14.9. The first-order valence-electron chi connectivity index (χ1n) is 16.8. The number of likely N-dealkylation sites (tertiary alicyclic amines) is 1. The molecule has 0 unspecified atom stereocenters. The highest BCUT2D eigenvalue weighted by molar-refractivity contribution is 7.16. The predicted molar refractivity (Wildman–Crippen MR) is 176 cm³/mol. The van der Waals surface area contributed by atoms with Crippen LogP contribution in [0.25, 0.3) is 22.6 Å². The van der Waals surface area contributed by atoms with Gasteiger partial charge in [0.2, 0.25) is 0 Å². The zero-order valence-electron chi connectivity index (χ0n) is 26.6. The number of likely N-dealkylation sites (N-methyl/N-ethyl adjacent to an activating group) is 1. The fraction of sp³-hybridized carbons (Fsp3) is 0.588. The van der Waals surface area contributed by atoms with Crippen molar-refractivity contribution >= 4 is 33.2 Å². The smallest absolute Gasteiger partial charge is 0.186 e. The average molecular weight is 637 g/mol. The molecular weight excluding hydrogens is 597 g/mol. The molecule has 0 radical (unpaired) electrons. The van der Waals surface area contributed by atoms with Crippen molar-refractivity contribution in [2.75, 3.05) is 37.3 Å². The van der Waals surface area contributed by atoms with Crippen LogP contribution in [-0.2, 0) is 18.3 Å². The molecule has 1 spiro atoms. The zero-order valence-corrected chi connectivity index (χ0v) is 27.4. The first-order valence-corrected chi connectivity index (χ1v) is 17.7. The van der Waals surface area contributed by atoms with Gasteiger partial charge in [-0.3, -0.25) is 0 Å². The van der Waals surface area contributed by atoms with Gasteiger partial charge in [0.25, 0.3) is 0 Å². The molecule has 2 saturated heterocycles. The van der Waals surface area contributed by atoms with Crippen LogP contribution >= 0.6 is 11.3 Å². The topological polar surface area (TPSA) is 150 Å². The highest BCUT2D eigenvalue weighted by atomic mass is 32.1. The number of thiophene rings is 1. The van der Waals surface area contributed by atoms with Gasteiger partial charge in [-0.1, -0.05) is 5.16 Å². The van der Waals surface area contributed by atoms with Crippen molar-refractivity contribution in [1.29, 1.82) is 10.5 Å². The molecule has 4 aromatic rings. The normalized spacial score (nSPS) is 25.6. The molecule has 4 aromatic heterocycles. The minimum absolute atomic E-state index is 0.0611. The van der Waals surface area contributed by atoms with Crippen LogP contribution in [0.5, 0.6) is 0 Å². The minimum atomic E-state index is -0.404. The molecule has 12 heteroatoms. The van der Waals surface area contributed by atoms with Gasteiger partial charge in [-0.05, 0) is 96.7 Å². The van der Waals surface area contributed by atoms with Crippen molar-refractivity contribution in [2.24, 2.45) is 5.92 Å². The van der Waals surface area contributed by atoms with Gasteiger partial charge < -0.3 is 20.1 Å². The monoisotopic (exact) mass is 636 g/mol. The minimum Gasteiger partial charge on any atom is -0.389 e. The number of hydrogen-bond acceptors (Lipinski definition) is 11. The molecule has 2 aliphatic carbocycles. The molecule has 4 atom stereocenters. The molecule has 46 heavy (non-hydrogen) atoms. The first-order chi connectivity index (χ1) is 22.4. The number of aromatic nitrogens is 5. The van der Waals surface area contributed by atoms with E-state index >= 15 is 0 Å². The Labute approximate surface area is 273 Å². The summed E-state index contributed by atoms with van der Waals surface area (Å²) in [6.07, 6.45) is 12.4.